The highest BCUT2D eigenvalue weighted by atomic mass is 14.7. The smallest absolute Gasteiger partial charge is 0.141 e. The Labute approximate surface area is 133 Å². The van der Waals surface area contributed by atoms with E-state index in [1.807, 2.05) is 36.4 Å². The number of nitrogens with two attached hydrogens (primary N) is 1. The van der Waals surface area contributed by atoms with Crippen molar-refractivity contribution in [2.24, 2.45) is 5.73 Å². The maximum Gasteiger partial charge on any atom is 0.141 e. The zero-order valence-electron chi connectivity index (χ0n) is 12.2. The standard InChI is InChI=1S/C18H13N5/c19-9-14(10-20)16-6-5-15(11-21)23-18(16)13-4-3-12-2-1-7-22-17(12)8-13/h1-10,19H,20H2/b14-10+,19-9?. The number of nitrogens with one attached hydrogen (secondary N) is 1. The van der Waals surface area contributed by atoms with E-state index in [1.54, 1.807) is 18.3 Å². The largest absolute Gasteiger partial charge is 0.404 e. The Morgan fingerprint density at radius 1 is 1.22 bits per heavy atom. The maximum atomic E-state index is 9.12. The van der Waals surface area contributed by atoms with E-state index in [2.05, 4.69) is 9.97 Å². The molecule has 1 aromatic carbocycles. The highest BCUT2D eigenvalue weighted by molar-refractivity contribution is 6.10. The Balaban J connectivity index is 2.27. The minimum Gasteiger partial charge on any atom is -0.404 e. The molecule has 3 rings (SSSR count). The van der Waals surface area contributed by atoms with Crippen molar-refractivity contribution in [3.63, 3.8) is 0 Å². The summed E-state index contributed by atoms with van der Waals surface area (Å²) in [6, 6.07) is 15.1. The van der Waals surface area contributed by atoms with Gasteiger partial charge in [0.2, 0.25) is 0 Å². The molecular formula is C18H13N5. The average molecular weight is 299 g/mol. The molecule has 0 radical (unpaired) electrons. The van der Waals surface area contributed by atoms with Crippen LogP contribution in [0.3, 0.4) is 0 Å². The molecule has 0 aliphatic carbocycles. The average Bonchev–Trinajstić information content (AvgIpc) is 2.62. The first-order valence-corrected chi connectivity index (χ1v) is 6.96. The Hall–Kier alpha value is -3.52. The zero-order chi connectivity index (χ0) is 16.2. The molecule has 3 aromatic rings. The zero-order valence-corrected chi connectivity index (χ0v) is 12.2. The van der Waals surface area contributed by atoms with E-state index in [-0.39, 0.29) is 0 Å². The quantitative estimate of drug-likeness (QED) is 0.726. The number of rotatable bonds is 3. The van der Waals surface area contributed by atoms with Crippen molar-refractivity contribution < 1.29 is 0 Å². The molecule has 0 amide bonds. The van der Waals surface area contributed by atoms with Crippen LogP contribution in [0.4, 0.5) is 0 Å². The molecule has 3 N–H and O–H groups in total. The summed E-state index contributed by atoms with van der Waals surface area (Å²) in [6.07, 6.45) is 4.26. The Kier molecular flexibility index (Phi) is 3.81. The number of pyridine rings is 2. The molecule has 0 aliphatic rings. The molecule has 5 heteroatoms. The lowest BCUT2D eigenvalue weighted by atomic mass is 9.99. The summed E-state index contributed by atoms with van der Waals surface area (Å²) in [5.74, 6) is 0. The third-order valence-electron chi connectivity index (χ3n) is 3.54. The lowest BCUT2D eigenvalue weighted by Gasteiger charge is -2.10. The van der Waals surface area contributed by atoms with Gasteiger partial charge in [-0.25, -0.2) is 4.98 Å². The summed E-state index contributed by atoms with van der Waals surface area (Å²) in [5.41, 5.74) is 9.43. The highest BCUT2D eigenvalue weighted by Crippen LogP contribution is 2.28. The van der Waals surface area contributed by atoms with E-state index in [9.17, 15) is 0 Å². The first kappa shape index (κ1) is 14.4. The predicted molar refractivity (Wildman–Crippen MR) is 90.6 cm³/mol. The number of nitrogens with zero attached hydrogens (tertiary/aromatic N) is 3. The second kappa shape index (κ2) is 6.08. The Morgan fingerprint density at radius 2 is 2.09 bits per heavy atom. The Morgan fingerprint density at radius 3 is 2.83 bits per heavy atom. The SMILES string of the molecule is N#Cc1ccc(/C(C=N)=C/N)c(-c2ccc3cccnc3c2)n1. The molecule has 0 bridgehead atoms. The van der Waals surface area contributed by atoms with Crippen LogP contribution in [-0.2, 0) is 0 Å². The van der Waals surface area contributed by atoms with Gasteiger partial charge in [0.1, 0.15) is 11.8 Å². The van der Waals surface area contributed by atoms with Crippen LogP contribution in [-0.4, -0.2) is 16.2 Å². The van der Waals surface area contributed by atoms with Crippen molar-refractivity contribution >= 4 is 22.7 Å². The summed E-state index contributed by atoms with van der Waals surface area (Å²) in [5, 5.41) is 17.6. The summed E-state index contributed by atoms with van der Waals surface area (Å²) < 4.78 is 0. The Bertz CT molecular complexity index is 967. The molecule has 0 aliphatic heterocycles. The molecule has 5 nitrogen and oxygen atoms in total. The van der Waals surface area contributed by atoms with Gasteiger partial charge in [0.25, 0.3) is 0 Å². The second-order valence-corrected chi connectivity index (χ2v) is 4.88. The molecular weight excluding hydrogens is 286 g/mol. The maximum absolute atomic E-state index is 9.12. The van der Waals surface area contributed by atoms with Gasteiger partial charge in [-0.05, 0) is 24.3 Å². The third kappa shape index (κ3) is 2.65. The molecule has 0 saturated carbocycles. The van der Waals surface area contributed by atoms with Crippen LogP contribution in [0.1, 0.15) is 11.3 Å². The molecule has 0 unspecified atom stereocenters. The molecule has 0 fully saturated rings. The molecule has 0 spiro atoms. The monoisotopic (exact) mass is 299 g/mol. The van der Waals surface area contributed by atoms with E-state index in [1.165, 1.54) is 12.4 Å². The van der Waals surface area contributed by atoms with Crippen LogP contribution in [0.25, 0.3) is 27.7 Å². The number of allylic oxidation sites excluding steroid dienone is 1. The number of aromatic nitrogens is 2. The predicted octanol–water partition coefficient (Wildman–Crippen LogP) is 3.12. The van der Waals surface area contributed by atoms with Gasteiger partial charge in [-0.15, -0.1) is 0 Å². The van der Waals surface area contributed by atoms with E-state index in [4.69, 9.17) is 16.4 Å². The molecule has 0 saturated heterocycles. The molecule has 0 atom stereocenters. The van der Waals surface area contributed by atoms with Gasteiger partial charge in [-0.3, -0.25) is 4.98 Å². The van der Waals surface area contributed by atoms with Crippen LogP contribution in [0.5, 0.6) is 0 Å². The minimum atomic E-state index is 0.311. The normalized spacial score (nSPS) is 11.2. The van der Waals surface area contributed by atoms with E-state index >= 15 is 0 Å². The van der Waals surface area contributed by atoms with Crippen LogP contribution in [0, 0.1) is 16.7 Å². The van der Waals surface area contributed by atoms with Gasteiger partial charge < -0.3 is 11.1 Å². The van der Waals surface area contributed by atoms with Gasteiger partial charge in [0, 0.05) is 40.7 Å². The fourth-order valence-corrected chi connectivity index (χ4v) is 2.40. The summed E-state index contributed by atoms with van der Waals surface area (Å²) in [4.78, 5) is 8.74. The third-order valence-corrected chi connectivity index (χ3v) is 3.54. The van der Waals surface area contributed by atoms with Crippen molar-refractivity contribution in [3.05, 3.63) is 66.1 Å². The van der Waals surface area contributed by atoms with Crippen molar-refractivity contribution in [1.29, 1.82) is 10.7 Å². The summed E-state index contributed by atoms with van der Waals surface area (Å²) in [7, 11) is 0. The number of hydrogen-bond acceptors (Lipinski definition) is 5. The van der Waals surface area contributed by atoms with Crippen LogP contribution in [0.2, 0.25) is 0 Å². The fraction of sp³-hybridized carbons (Fsp3) is 0. The van der Waals surface area contributed by atoms with Crippen molar-refractivity contribution in [3.8, 4) is 17.3 Å². The van der Waals surface area contributed by atoms with Crippen molar-refractivity contribution in [1.82, 2.24) is 9.97 Å². The van der Waals surface area contributed by atoms with Gasteiger partial charge in [0.05, 0.1) is 11.2 Å². The molecule has 23 heavy (non-hydrogen) atoms. The van der Waals surface area contributed by atoms with Gasteiger partial charge in [-0.2, -0.15) is 5.26 Å². The number of benzene rings is 1. The second-order valence-electron chi connectivity index (χ2n) is 4.88. The topological polar surface area (TPSA) is 99.4 Å². The fourth-order valence-electron chi connectivity index (χ4n) is 2.40. The lowest BCUT2D eigenvalue weighted by Crippen LogP contribution is -1.98. The minimum absolute atomic E-state index is 0.311. The first-order chi connectivity index (χ1) is 11.3. The van der Waals surface area contributed by atoms with Gasteiger partial charge in [-0.1, -0.05) is 18.2 Å². The van der Waals surface area contributed by atoms with Gasteiger partial charge in [0.15, 0.2) is 0 Å². The molecule has 110 valence electrons. The van der Waals surface area contributed by atoms with E-state index in [0.717, 1.165) is 16.5 Å². The molecule has 2 aromatic heterocycles. The number of fused-ring (bicyclic) bond motifs is 1. The van der Waals surface area contributed by atoms with Crippen molar-refractivity contribution in [2.45, 2.75) is 0 Å². The van der Waals surface area contributed by atoms with Crippen LogP contribution >= 0.6 is 0 Å². The van der Waals surface area contributed by atoms with Crippen LogP contribution < -0.4 is 5.73 Å². The lowest BCUT2D eigenvalue weighted by molar-refractivity contribution is 1.25. The number of nitriles is 1. The summed E-state index contributed by atoms with van der Waals surface area (Å²) >= 11 is 0. The van der Waals surface area contributed by atoms with E-state index < -0.39 is 0 Å². The van der Waals surface area contributed by atoms with Crippen LogP contribution in [0.15, 0.2) is 54.9 Å². The summed E-state index contributed by atoms with van der Waals surface area (Å²) in [6.45, 7) is 0. The van der Waals surface area contributed by atoms with Crippen molar-refractivity contribution in [2.75, 3.05) is 0 Å². The number of hydrogen-bond donors (Lipinski definition) is 2. The highest BCUT2D eigenvalue weighted by Gasteiger charge is 2.12. The first-order valence-electron chi connectivity index (χ1n) is 6.96. The van der Waals surface area contributed by atoms with E-state index in [0.29, 0.717) is 22.5 Å². The van der Waals surface area contributed by atoms with Gasteiger partial charge >= 0.3 is 0 Å². The molecule has 2 heterocycles.